The Labute approximate surface area is 103 Å². The number of nitrogens with one attached hydrogen (secondary N) is 1. The van der Waals surface area contributed by atoms with Gasteiger partial charge in [-0.15, -0.1) is 0 Å². The molecule has 1 aromatic heterocycles. The maximum Gasteiger partial charge on any atom is 0.141 e. The lowest BCUT2D eigenvalue weighted by Crippen LogP contribution is -2.29. The highest BCUT2D eigenvalue weighted by molar-refractivity contribution is 5.46. The molecule has 0 aromatic carbocycles. The SMILES string of the molecule is CCN(CC(C)C)c1ncc(F)cc1CNC. The van der Waals surface area contributed by atoms with Crippen LogP contribution in [0.3, 0.4) is 0 Å². The van der Waals surface area contributed by atoms with Crippen LogP contribution in [0.15, 0.2) is 12.3 Å². The lowest BCUT2D eigenvalue weighted by atomic mass is 10.1. The smallest absolute Gasteiger partial charge is 0.141 e. The minimum absolute atomic E-state index is 0.278. The van der Waals surface area contributed by atoms with Crippen molar-refractivity contribution in [3.8, 4) is 0 Å². The number of hydrogen-bond donors (Lipinski definition) is 1. The van der Waals surface area contributed by atoms with E-state index in [1.54, 1.807) is 6.07 Å². The summed E-state index contributed by atoms with van der Waals surface area (Å²) in [5, 5.41) is 3.05. The maximum atomic E-state index is 13.2. The van der Waals surface area contributed by atoms with Crippen LogP contribution in [0, 0.1) is 11.7 Å². The van der Waals surface area contributed by atoms with Crippen LogP contribution in [0.1, 0.15) is 26.3 Å². The Morgan fingerprint density at radius 3 is 2.71 bits per heavy atom. The first kappa shape index (κ1) is 13.9. The molecule has 1 rings (SSSR count). The Bertz CT molecular complexity index is 353. The molecule has 0 atom stereocenters. The summed E-state index contributed by atoms with van der Waals surface area (Å²) in [6.07, 6.45) is 1.29. The molecular weight excluding hydrogens is 217 g/mol. The van der Waals surface area contributed by atoms with Crippen LogP contribution < -0.4 is 10.2 Å². The Hall–Kier alpha value is -1.16. The standard InChI is InChI=1S/C13H22FN3/c1-5-17(9-10(2)3)13-11(7-15-4)6-12(14)8-16-13/h6,8,10,15H,5,7,9H2,1-4H3. The predicted octanol–water partition coefficient (Wildman–Crippen LogP) is 2.42. The van der Waals surface area contributed by atoms with Gasteiger partial charge in [0.15, 0.2) is 0 Å². The van der Waals surface area contributed by atoms with Crippen molar-refractivity contribution in [2.24, 2.45) is 5.92 Å². The second-order valence-electron chi connectivity index (χ2n) is 4.60. The van der Waals surface area contributed by atoms with E-state index in [4.69, 9.17) is 0 Å². The van der Waals surface area contributed by atoms with Crippen molar-refractivity contribution < 1.29 is 4.39 Å². The molecule has 1 aromatic rings. The largest absolute Gasteiger partial charge is 0.356 e. The molecule has 0 aliphatic carbocycles. The van der Waals surface area contributed by atoms with E-state index in [1.807, 2.05) is 7.05 Å². The third-order valence-corrected chi connectivity index (χ3v) is 2.54. The fourth-order valence-electron chi connectivity index (χ4n) is 1.89. The normalized spacial score (nSPS) is 10.9. The van der Waals surface area contributed by atoms with Crippen LogP contribution in [0.4, 0.5) is 10.2 Å². The van der Waals surface area contributed by atoms with E-state index >= 15 is 0 Å². The van der Waals surface area contributed by atoms with E-state index in [0.29, 0.717) is 12.5 Å². The molecule has 0 saturated carbocycles. The second-order valence-corrected chi connectivity index (χ2v) is 4.60. The van der Waals surface area contributed by atoms with Gasteiger partial charge in [-0.3, -0.25) is 0 Å². The zero-order valence-electron chi connectivity index (χ0n) is 11.1. The first-order valence-electron chi connectivity index (χ1n) is 6.12. The molecule has 1 heterocycles. The van der Waals surface area contributed by atoms with Crippen molar-refractivity contribution >= 4 is 5.82 Å². The fraction of sp³-hybridized carbons (Fsp3) is 0.615. The monoisotopic (exact) mass is 239 g/mol. The Kier molecular flexibility index (Phi) is 5.35. The predicted molar refractivity (Wildman–Crippen MR) is 69.7 cm³/mol. The van der Waals surface area contributed by atoms with Gasteiger partial charge in [-0.05, 0) is 26.0 Å². The number of anilines is 1. The van der Waals surface area contributed by atoms with Crippen molar-refractivity contribution in [3.05, 3.63) is 23.6 Å². The molecule has 0 saturated heterocycles. The Morgan fingerprint density at radius 1 is 1.47 bits per heavy atom. The van der Waals surface area contributed by atoms with Gasteiger partial charge in [-0.25, -0.2) is 9.37 Å². The van der Waals surface area contributed by atoms with Gasteiger partial charge in [0.2, 0.25) is 0 Å². The fourth-order valence-corrected chi connectivity index (χ4v) is 1.89. The molecule has 4 heteroatoms. The topological polar surface area (TPSA) is 28.2 Å². The summed E-state index contributed by atoms with van der Waals surface area (Å²) in [4.78, 5) is 6.42. The summed E-state index contributed by atoms with van der Waals surface area (Å²) in [5.74, 6) is 1.17. The van der Waals surface area contributed by atoms with Crippen molar-refractivity contribution in [1.29, 1.82) is 0 Å². The minimum atomic E-state index is -0.278. The number of halogens is 1. The first-order valence-corrected chi connectivity index (χ1v) is 6.12. The van der Waals surface area contributed by atoms with E-state index in [-0.39, 0.29) is 5.82 Å². The summed E-state index contributed by atoms with van der Waals surface area (Å²) in [6.45, 7) is 8.89. The third kappa shape index (κ3) is 3.97. The zero-order chi connectivity index (χ0) is 12.8. The van der Waals surface area contributed by atoms with E-state index in [2.05, 4.69) is 36.0 Å². The second kappa shape index (κ2) is 6.55. The van der Waals surface area contributed by atoms with Gasteiger partial charge in [0.05, 0.1) is 6.20 Å². The van der Waals surface area contributed by atoms with E-state index in [1.165, 1.54) is 6.20 Å². The van der Waals surface area contributed by atoms with E-state index < -0.39 is 0 Å². The van der Waals surface area contributed by atoms with Crippen molar-refractivity contribution in [3.63, 3.8) is 0 Å². The van der Waals surface area contributed by atoms with Crippen LogP contribution in [0.25, 0.3) is 0 Å². The van der Waals surface area contributed by atoms with Gasteiger partial charge in [0, 0.05) is 25.2 Å². The summed E-state index contributed by atoms with van der Waals surface area (Å²) in [7, 11) is 1.85. The van der Waals surface area contributed by atoms with Crippen LogP contribution >= 0.6 is 0 Å². The molecule has 0 spiro atoms. The molecule has 0 aliphatic rings. The average Bonchev–Trinajstić information content (AvgIpc) is 2.27. The minimum Gasteiger partial charge on any atom is -0.356 e. The summed E-state index contributed by atoms with van der Waals surface area (Å²) in [5.41, 5.74) is 0.912. The summed E-state index contributed by atoms with van der Waals surface area (Å²) in [6, 6.07) is 1.56. The van der Waals surface area contributed by atoms with Crippen LogP contribution in [0.2, 0.25) is 0 Å². The molecule has 0 aliphatic heterocycles. The number of rotatable bonds is 6. The van der Waals surface area contributed by atoms with E-state index in [0.717, 1.165) is 24.5 Å². The zero-order valence-corrected chi connectivity index (χ0v) is 11.1. The molecule has 0 bridgehead atoms. The molecule has 96 valence electrons. The Balaban J connectivity index is 3.00. The van der Waals surface area contributed by atoms with Gasteiger partial charge in [0.25, 0.3) is 0 Å². The van der Waals surface area contributed by atoms with Gasteiger partial charge in [-0.1, -0.05) is 13.8 Å². The maximum absolute atomic E-state index is 13.2. The molecule has 0 fully saturated rings. The Morgan fingerprint density at radius 2 is 2.18 bits per heavy atom. The lowest BCUT2D eigenvalue weighted by Gasteiger charge is -2.26. The molecule has 0 unspecified atom stereocenters. The third-order valence-electron chi connectivity index (χ3n) is 2.54. The molecule has 17 heavy (non-hydrogen) atoms. The van der Waals surface area contributed by atoms with Crippen LogP contribution in [0.5, 0.6) is 0 Å². The van der Waals surface area contributed by atoms with Crippen LogP contribution in [-0.4, -0.2) is 25.1 Å². The average molecular weight is 239 g/mol. The number of nitrogens with zero attached hydrogens (tertiary/aromatic N) is 2. The molecule has 1 N–H and O–H groups in total. The van der Waals surface area contributed by atoms with Crippen molar-refractivity contribution in [1.82, 2.24) is 10.3 Å². The van der Waals surface area contributed by atoms with E-state index in [9.17, 15) is 4.39 Å². The van der Waals surface area contributed by atoms with Gasteiger partial charge in [-0.2, -0.15) is 0 Å². The van der Waals surface area contributed by atoms with Gasteiger partial charge < -0.3 is 10.2 Å². The summed E-state index contributed by atoms with van der Waals surface area (Å²) >= 11 is 0. The highest BCUT2D eigenvalue weighted by atomic mass is 19.1. The number of pyridine rings is 1. The van der Waals surface area contributed by atoms with Gasteiger partial charge in [0.1, 0.15) is 11.6 Å². The molecule has 0 amide bonds. The van der Waals surface area contributed by atoms with Gasteiger partial charge >= 0.3 is 0 Å². The molecular formula is C13H22FN3. The van der Waals surface area contributed by atoms with Crippen molar-refractivity contribution in [2.75, 3.05) is 25.0 Å². The van der Waals surface area contributed by atoms with Crippen molar-refractivity contribution in [2.45, 2.75) is 27.3 Å². The molecule has 0 radical (unpaired) electrons. The number of aromatic nitrogens is 1. The van der Waals surface area contributed by atoms with Crippen LogP contribution in [-0.2, 0) is 6.54 Å². The molecule has 3 nitrogen and oxygen atoms in total. The highest BCUT2D eigenvalue weighted by Gasteiger charge is 2.13. The highest BCUT2D eigenvalue weighted by Crippen LogP contribution is 2.19. The first-order chi connectivity index (χ1) is 8.08. The lowest BCUT2D eigenvalue weighted by molar-refractivity contribution is 0.598. The number of hydrogen-bond acceptors (Lipinski definition) is 3. The summed E-state index contributed by atoms with van der Waals surface area (Å²) < 4.78 is 13.2. The quantitative estimate of drug-likeness (QED) is 0.826.